The van der Waals surface area contributed by atoms with Gasteiger partial charge in [-0.15, -0.1) is 5.10 Å². The minimum absolute atomic E-state index is 0.159. The second-order valence-electron chi connectivity index (χ2n) is 6.51. The van der Waals surface area contributed by atoms with Crippen molar-refractivity contribution in [3.63, 3.8) is 0 Å². The van der Waals surface area contributed by atoms with Crippen LogP contribution in [0.4, 0.5) is 10.3 Å². The summed E-state index contributed by atoms with van der Waals surface area (Å²) in [6.45, 7) is 0.539. The first-order valence-electron chi connectivity index (χ1n) is 9.37. The number of aryl methyl sites for hydroxylation is 3. The van der Waals surface area contributed by atoms with Crippen molar-refractivity contribution in [2.75, 3.05) is 12.0 Å². The number of para-hydroxylation sites is 2. The van der Waals surface area contributed by atoms with Crippen LogP contribution in [-0.2, 0) is 19.5 Å². The summed E-state index contributed by atoms with van der Waals surface area (Å²) < 4.78 is 15.7. The SMILES string of the molecule is O=C(Nc1nc2ccccc2n1CCc1ccccn1)c1cn(CCCF)nn1. The maximum absolute atomic E-state index is 12.6. The van der Waals surface area contributed by atoms with Crippen LogP contribution < -0.4 is 5.32 Å². The van der Waals surface area contributed by atoms with E-state index in [0.29, 0.717) is 31.9 Å². The van der Waals surface area contributed by atoms with Gasteiger partial charge in [-0.3, -0.25) is 24.2 Å². The summed E-state index contributed by atoms with van der Waals surface area (Å²) in [6, 6.07) is 13.5. The minimum Gasteiger partial charge on any atom is -0.310 e. The van der Waals surface area contributed by atoms with Gasteiger partial charge in [-0.05, 0) is 30.7 Å². The molecule has 148 valence electrons. The van der Waals surface area contributed by atoms with Crippen molar-refractivity contribution in [3.8, 4) is 0 Å². The van der Waals surface area contributed by atoms with Gasteiger partial charge in [-0.2, -0.15) is 0 Å². The lowest BCUT2D eigenvalue weighted by molar-refractivity contribution is 0.102. The molecular weight excluding hydrogens is 373 g/mol. The molecular formula is C20H20FN7O. The highest BCUT2D eigenvalue weighted by molar-refractivity contribution is 6.02. The maximum atomic E-state index is 12.6. The number of pyridine rings is 1. The molecule has 4 rings (SSSR count). The topological polar surface area (TPSA) is 90.5 Å². The molecule has 0 aliphatic carbocycles. The highest BCUT2D eigenvalue weighted by Gasteiger charge is 2.17. The lowest BCUT2D eigenvalue weighted by Crippen LogP contribution is -2.17. The minimum atomic E-state index is -0.443. The van der Waals surface area contributed by atoms with Crippen molar-refractivity contribution in [2.45, 2.75) is 25.9 Å². The van der Waals surface area contributed by atoms with Crippen LogP contribution in [-0.4, -0.2) is 42.1 Å². The largest absolute Gasteiger partial charge is 0.310 e. The number of hydrogen-bond donors (Lipinski definition) is 1. The number of amides is 1. The van der Waals surface area contributed by atoms with Crippen molar-refractivity contribution in [3.05, 3.63) is 66.2 Å². The molecule has 0 fully saturated rings. The van der Waals surface area contributed by atoms with Crippen molar-refractivity contribution in [2.24, 2.45) is 0 Å². The Morgan fingerprint density at radius 3 is 2.79 bits per heavy atom. The fourth-order valence-corrected chi connectivity index (χ4v) is 3.07. The molecule has 1 aromatic carbocycles. The van der Waals surface area contributed by atoms with Crippen LogP contribution in [0.2, 0.25) is 0 Å². The average Bonchev–Trinajstić information content (AvgIpc) is 3.36. The highest BCUT2D eigenvalue weighted by Crippen LogP contribution is 2.20. The number of hydrogen-bond acceptors (Lipinski definition) is 5. The Hall–Kier alpha value is -3.62. The first-order valence-corrected chi connectivity index (χ1v) is 9.37. The molecule has 29 heavy (non-hydrogen) atoms. The zero-order valence-corrected chi connectivity index (χ0v) is 15.7. The maximum Gasteiger partial charge on any atom is 0.280 e. The van der Waals surface area contributed by atoms with E-state index >= 15 is 0 Å². The smallest absolute Gasteiger partial charge is 0.280 e. The van der Waals surface area contributed by atoms with Gasteiger partial charge in [-0.25, -0.2) is 4.98 Å². The lowest BCUT2D eigenvalue weighted by atomic mass is 10.2. The molecule has 0 radical (unpaired) electrons. The molecule has 3 aromatic heterocycles. The third kappa shape index (κ3) is 4.29. The van der Waals surface area contributed by atoms with Crippen LogP contribution in [0.25, 0.3) is 11.0 Å². The molecule has 9 heteroatoms. The van der Waals surface area contributed by atoms with Crippen LogP contribution >= 0.6 is 0 Å². The Kier molecular flexibility index (Phi) is 5.55. The summed E-state index contributed by atoms with van der Waals surface area (Å²) in [5.41, 5.74) is 2.83. The van der Waals surface area contributed by atoms with E-state index in [-0.39, 0.29) is 5.69 Å². The van der Waals surface area contributed by atoms with Gasteiger partial charge in [0.05, 0.1) is 23.9 Å². The summed E-state index contributed by atoms with van der Waals surface area (Å²) >= 11 is 0. The van der Waals surface area contributed by atoms with Gasteiger partial charge in [0, 0.05) is 31.4 Å². The van der Waals surface area contributed by atoms with E-state index in [4.69, 9.17) is 0 Å². The number of nitrogens with one attached hydrogen (secondary N) is 1. The van der Waals surface area contributed by atoms with Crippen molar-refractivity contribution in [1.82, 2.24) is 29.5 Å². The second kappa shape index (κ2) is 8.59. The first kappa shape index (κ1) is 18.7. The van der Waals surface area contributed by atoms with E-state index in [1.54, 1.807) is 6.20 Å². The molecule has 3 heterocycles. The van der Waals surface area contributed by atoms with Gasteiger partial charge >= 0.3 is 0 Å². The number of anilines is 1. The molecule has 0 atom stereocenters. The Balaban J connectivity index is 1.56. The monoisotopic (exact) mass is 393 g/mol. The van der Waals surface area contributed by atoms with Crippen molar-refractivity contribution in [1.29, 1.82) is 0 Å². The highest BCUT2D eigenvalue weighted by atomic mass is 19.1. The summed E-state index contributed by atoms with van der Waals surface area (Å²) in [6.07, 6.45) is 4.29. The van der Waals surface area contributed by atoms with Gasteiger partial charge in [0.15, 0.2) is 5.69 Å². The van der Waals surface area contributed by atoms with Crippen LogP contribution in [0.15, 0.2) is 54.9 Å². The van der Waals surface area contributed by atoms with E-state index in [1.807, 2.05) is 47.0 Å². The number of benzene rings is 1. The van der Waals surface area contributed by atoms with Crippen LogP contribution in [0.3, 0.4) is 0 Å². The number of carbonyl (C=O) groups is 1. The zero-order chi connectivity index (χ0) is 20.1. The van der Waals surface area contributed by atoms with E-state index in [0.717, 1.165) is 16.7 Å². The van der Waals surface area contributed by atoms with Crippen LogP contribution in [0, 0.1) is 0 Å². The number of nitrogens with zero attached hydrogens (tertiary/aromatic N) is 6. The number of alkyl halides is 1. The van der Waals surface area contributed by atoms with Crippen LogP contribution in [0.1, 0.15) is 22.6 Å². The fraction of sp³-hybridized carbons (Fsp3) is 0.250. The quantitative estimate of drug-likeness (QED) is 0.497. The number of rotatable bonds is 8. The summed E-state index contributed by atoms with van der Waals surface area (Å²) in [7, 11) is 0. The number of halogens is 1. The summed E-state index contributed by atoms with van der Waals surface area (Å²) in [4.78, 5) is 21.5. The predicted octanol–water partition coefficient (Wildman–Crippen LogP) is 2.88. The molecule has 8 nitrogen and oxygen atoms in total. The van der Waals surface area contributed by atoms with Gasteiger partial charge < -0.3 is 4.57 Å². The van der Waals surface area contributed by atoms with Crippen molar-refractivity contribution >= 4 is 22.9 Å². The Bertz CT molecular complexity index is 1110. The fourth-order valence-electron chi connectivity index (χ4n) is 3.07. The van der Waals surface area contributed by atoms with Crippen LogP contribution in [0.5, 0.6) is 0 Å². The number of carbonyl (C=O) groups excluding carboxylic acids is 1. The Labute approximate surface area is 166 Å². The van der Waals surface area contributed by atoms with Gasteiger partial charge in [0.2, 0.25) is 5.95 Å². The van der Waals surface area contributed by atoms with E-state index in [2.05, 4.69) is 25.6 Å². The van der Waals surface area contributed by atoms with E-state index in [9.17, 15) is 9.18 Å². The Morgan fingerprint density at radius 2 is 1.97 bits per heavy atom. The predicted molar refractivity (Wildman–Crippen MR) is 106 cm³/mol. The molecule has 0 unspecified atom stereocenters. The third-order valence-corrected chi connectivity index (χ3v) is 4.49. The molecule has 0 saturated heterocycles. The molecule has 0 spiro atoms. The van der Waals surface area contributed by atoms with Gasteiger partial charge in [0.25, 0.3) is 5.91 Å². The zero-order valence-electron chi connectivity index (χ0n) is 15.7. The summed E-state index contributed by atoms with van der Waals surface area (Å²) in [5, 5.41) is 10.6. The first-order chi connectivity index (χ1) is 14.2. The van der Waals surface area contributed by atoms with Gasteiger partial charge in [-0.1, -0.05) is 23.4 Å². The molecule has 4 aromatic rings. The number of aromatic nitrogens is 6. The molecule has 1 amide bonds. The second-order valence-corrected chi connectivity index (χ2v) is 6.51. The van der Waals surface area contributed by atoms with Crippen molar-refractivity contribution < 1.29 is 9.18 Å². The lowest BCUT2D eigenvalue weighted by Gasteiger charge is -2.09. The molecule has 0 aliphatic heterocycles. The molecule has 0 bridgehead atoms. The van der Waals surface area contributed by atoms with E-state index in [1.165, 1.54) is 10.9 Å². The standard InChI is InChI=1S/C20H20FN7O/c21-10-5-12-27-14-17(25-26-27)19(29)24-20-23-16-7-1-2-8-18(16)28(20)13-9-15-6-3-4-11-22-15/h1-4,6-8,11,14H,5,9-10,12-13H2,(H,23,24,29). The molecule has 0 aliphatic rings. The summed E-state index contributed by atoms with van der Waals surface area (Å²) in [5.74, 6) is 0.0244. The number of imidazole rings is 1. The Morgan fingerprint density at radius 1 is 1.10 bits per heavy atom. The van der Waals surface area contributed by atoms with Gasteiger partial charge in [0.1, 0.15) is 0 Å². The molecule has 1 N–H and O–H groups in total. The van der Waals surface area contributed by atoms with E-state index < -0.39 is 12.6 Å². The average molecular weight is 393 g/mol. The normalized spacial score (nSPS) is 11.1. The molecule has 0 saturated carbocycles. The third-order valence-electron chi connectivity index (χ3n) is 4.49. The number of fused-ring (bicyclic) bond motifs is 1.